The molecule has 1 amide bonds. The predicted octanol–water partition coefficient (Wildman–Crippen LogP) is 2.80. The van der Waals surface area contributed by atoms with Crippen LogP contribution in [0.5, 0.6) is 0 Å². The van der Waals surface area contributed by atoms with Crippen LogP contribution in [0.15, 0.2) is 53.4 Å². The Kier molecular flexibility index (Phi) is 6.49. The van der Waals surface area contributed by atoms with Gasteiger partial charge in [0, 0.05) is 44.6 Å². The number of Topliss-reactive ketones (excluding diaryl/α,β-unsaturated/α-hetero) is 1. The first-order valence-electron chi connectivity index (χ1n) is 9.72. The molecule has 0 aliphatic carbocycles. The van der Waals surface area contributed by atoms with E-state index in [0.717, 1.165) is 5.56 Å². The minimum Gasteiger partial charge on any atom is -0.340 e. The third kappa shape index (κ3) is 4.92. The Hall–Kier alpha value is -2.51. The molecule has 0 radical (unpaired) electrons. The van der Waals surface area contributed by atoms with Crippen molar-refractivity contribution in [1.29, 1.82) is 0 Å². The summed E-state index contributed by atoms with van der Waals surface area (Å²) >= 11 is 0. The maximum atomic E-state index is 13.0. The SMILES string of the molecule is Cc1ccc(C)c(S(=O)(=O)N2CCN(C(=O)CCC(=O)c3ccccc3)CC2)c1. The largest absolute Gasteiger partial charge is 0.340 e. The van der Waals surface area contributed by atoms with Crippen LogP contribution in [0.3, 0.4) is 0 Å². The van der Waals surface area contributed by atoms with Crippen molar-refractivity contribution in [1.82, 2.24) is 9.21 Å². The van der Waals surface area contributed by atoms with Gasteiger partial charge in [-0.25, -0.2) is 8.42 Å². The first-order chi connectivity index (χ1) is 13.8. The lowest BCUT2D eigenvalue weighted by atomic mass is 10.1. The lowest BCUT2D eigenvalue weighted by Gasteiger charge is -2.34. The van der Waals surface area contributed by atoms with E-state index in [1.54, 1.807) is 42.2 Å². The van der Waals surface area contributed by atoms with E-state index < -0.39 is 10.0 Å². The van der Waals surface area contributed by atoms with E-state index in [2.05, 4.69) is 0 Å². The standard InChI is InChI=1S/C22H26N2O4S/c1-17-8-9-18(2)21(16-17)29(27,28)24-14-12-23(13-15-24)22(26)11-10-20(25)19-6-4-3-5-7-19/h3-9,16H,10-15H2,1-2H3. The maximum Gasteiger partial charge on any atom is 0.243 e. The third-order valence-electron chi connectivity index (χ3n) is 5.21. The molecule has 154 valence electrons. The third-order valence-corrected chi connectivity index (χ3v) is 7.26. The van der Waals surface area contributed by atoms with Gasteiger partial charge < -0.3 is 4.90 Å². The topological polar surface area (TPSA) is 74.8 Å². The molecule has 0 aromatic heterocycles. The number of carbonyl (C=O) groups is 2. The molecular formula is C22H26N2O4S. The van der Waals surface area contributed by atoms with Gasteiger partial charge in [0.05, 0.1) is 4.90 Å². The van der Waals surface area contributed by atoms with Crippen molar-refractivity contribution in [3.8, 4) is 0 Å². The number of amides is 1. The van der Waals surface area contributed by atoms with Crippen molar-refractivity contribution in [2.45, 2.75) is 31.6 Å². The second-order valence-electron chi connectivity index (χ2n) is 7.34. The summed E-state index contributed by atoms with van der Waals surface area (Å²) in [5, 5.41) is 0. The maximum absolute atomic E-state index is 13.0. The van der Waals surface area contributed by atoms with Crippen molar-refractivity contribution >= 4 is 21.7 Å². The zero-order valence-corrected chi connectivity index (χ0v) is 17.6. The first kappa shape index (κ1) is 21.2. The van der Waals surface area contributed by atoms with E-state index in [1.807, 2.05) is 25.1 Å². The molecule has 1 fully saturated rings. The van der Waals surface area contributed by atoms with Gasteiger partial charge in [0.25, 0.3) is 0 Å². The zero-order valence-electron chi connectivity index (χ0n) is 16.8. The lowest BCUT2D eigenvalue weighted by molar-refractivity contribution is -0.132. The van der Waals surface area contributed by atoms with Crippen molar-refractivity contribution in [3.63, 3.8) is 0 Å². The summed E-state index contributed by atoms with van der Waals surface area (Å²) in [4.78, 5) is 26.6. The summed E-state index contributed by atoms with van der Waals surface area (Å²) in [6.45, 7) is 4.84. The molecule has 1 aliphatic rings. The predicted molar refractivity (Wildman–Crippen MR) is 111 cm³/mol. The molecule has 29 heavy (non-hydrogen) atoms. The number of ketones is 1. The Bertz CT molecular complexity index is 995. The van der Waals surface area contributed by atoms with Crippen LogP contribution < -0.4 is 0 Å². The average molecular weight is 415 g/mol. The number of benzene rings is 2. The number of hydrogen-bond acceptors (Lipinski definition) is 4. The fourth-order valence-corrected chi connectivity index (χ4v) is 5.18. The van der Waals surface area contributed by atoms with E-state index in [4.69, 9.17) is 0 Å². The molecule has 0 atom stereocenters. The Balaban J connectivity index is 1.56. The number of nitrogens with zero attached hydrogens (tertiary/aromatic N) is 2. The quantitative estimate of drug-likeness (QED) is 0.681. The van der Waals surface area contributed by atoms with E-state index in [-0.39, 0.29) is 37.6 Å². The van der Waals surface area contributed by atoms with E-state index >= 15 is 0 Å². The molecular weight excluding hydrogens is 388 g/mol. The average Bonchev–Trinajstić information content (AvgIpc) is 2.74. The van der Waals surface area contributed by atoms with Crippen molar-refractivity contribution in [2.24, 2.45) is 0 Å². The van der Waals surface area contributed by atoms with E-state index in [0.29, 0.717) is 29.1 Å². The van der Waals surface area contributed by atoms with Crippen LogP contribution in [-0.2, 0) is 14.8 Å². The van der Waals surface area contributed by atoms with Gasteiger partial charge in [-0.2, -0.15) is 4.31 Å². The van der Waals surface area contributed by atoms with Crippen molar-refractivity contribution in [2.75, 3.05) is 26.2 Å². The number of hydrogen-bond donors (Lipinski definition) is 0. The van der Waals surface area contributed by atoms with Crippen molar-refractivity contribution < 1.29 is 18.0 Å². The highest BCUT2D eigenvalue weighted by atomic mass is 32.2. The van der Waals surface area contributed by atoms with Crippen LogP contribution in [-0.4, -0.2) is 55.5 Å². The summed E-state index contributed by atoms with van der Waals surface area (Å²) < 4.78 is 27.4. The summed E-state index contributed by atoms with van der Waals surface area (Å²) in [5.41, 5.74) is 2.21. The Labute approximate surface area is 172 Å². The van der Waals surface area contributed by atoms with Gasteiger partial charge in [-0.15, -0.1) is 0 Å². The molecule has 6 nitrogen and oxygen atoms in total. The highest BCUT2D eigenvalue weighted by Crippen LogP contribution is 2.22. The van der Waals surface area contributed by atoms with Crippen LogP contribution in [0.2, 0.25) is 0 Å². The number of aryl methyl sites for hydroxylation is 2. The highest BCUT2D eigenvalue weighted by Gasteiger charge is 2.31. The normalized spacial score (nSPS) is 15.3. The summed E-state index contributed by atoms with van der Waals surface area (Å²) in [6.07, 6.45) is 0.293. The number of carbonyl (C=O) groups excluding carboxylic acids is 2. The van der Waals surface area contributed by atoms with Crippen LogP contribution in [0, 0.1) is 13.8 Å². The summed E-state index contributed by atoms with van der Waals surface area (Å²) in [7, 11) is -3.58. The van der Waals surface area contributed by atoms with Gasteiger partial charge in [-0.3, -0.25) is 9.59 Å². The molecule has 1 heterocycles. The summed E-state index contributed by atoms with van der Waals surface area (Å²) in [5.74, 6) is -0.173. The highest BCUT2D eigenvalue weighted by molar-refractivity contribution is 7.89. The second-order valence-corrected chi connectivity index (χ2v) is 9.25. The molecule has 0 spiro atoms. The molecule has 0 unspecified atom stereocenters. The van der Waals surface area contributed by atoms with E-state index in [9.17, 15) is 18.0 Å². The Morgan fingerprint density at radius 3 is 2.21 bits per heavy atom. The number of piperazine rings is 1. The van der Waals surface area contributed by atoms with E-state index in [1.165, 1.54) is 4.31 Å². The van der Waals surface area contributed by atoms with Crippen LogP contribution in [0.4, 0.5) is 0 Å². The fraction of sp³-hybridized carbons (Fsp3) is 0.364. The van der Waals surface area contributed by atoms with Crippen LogP contribution in [0.25, 0.3) is 0 Å². The van der Waals surface area contributed by atoms with Gasteiger partial charge in [0.1, 0.15) is 0 Å². The van der Waals surface area contributed by atoms with Gasteiger partial charge in [-0.05, 0) is 31.0 Å². The van der Waals surface area contributed by atoms with Gasteiger partial charge in [-0.1, -0.05) is 42.5 Å². The molecule has 2 aromatic rings. The van der Waals surface area contributed by atoms with Gasteiger partial charge in [0.2, 0.25) is 15.9 Å². The number of sulfonamides is 1. The van der Waals surface area contributed by atoms with Crippen LogP contribution >= 0.6 is 0 Å². The monoisotopic (exact) mass is 414 g/mol. The zero-order chi connectivity index (χ0) is 21.0. The minimum atomic E-state index is -3.58. The van der Waals surface area contributed by atoms with Crippen LogP contribution in [0.1, 0.15) is 34.3 Å². The molecule has 7 heteroatoms. The smallest absolute Gasteiger partial charge is 0.243 e. The first-order valence-corrected chi connectivity index (χ1v) is 11.2. The molecule has 2 aromatic carbocycles. The van der Waals surface area contributed by atoms with Gasteiger partial charge >= 0.3 is 0 Å². The second kappa shape index (κ2) is 8.88. The fourth-order valence-electron chi connectivity index (χ4n) is 3.45. The Morgan fingerprint density at radius 1 is 0.897 bits per heavy atom. The molecule has 1 aliphatic heterocycles. The lowest BCUT2D eigenvalue weighted by Crippen LogP contribution is -2.50. The van der Waals surface area contributed by atoms with Gasteiger partial charge in [0.15, 0.2) is 5.78 Å². The molecule has 0 bridgehead atoms. The van der Waals surface area contributed by atoms with Crippen molar-refractivity contribution in [3.05, 3.63) is 65.2 Å². The molecule has 0 saturated carbocycles. The molecule has 3 rings (SSSR count). The summed E-state index contributed by atoms with van der Waals surface area (Å²) in [6, 6.07) is 14.3. The minimum absolute atomic E-state index is 0.0601. The number of rotatable bonds is 6. The molecule has 0 N–H and O–H groups in total. The Morgan fingerprint density at radius 2 is 1.55 bits per heavy atom. The molecule has 1 saturated heterocycles.